The van der Waals surface area contributed by atoms with Crippen molar-refractivity contribution in [1.82, 2.24) is 4.90 Å². The number of amides is 1. The number of esters is 1. The summed E-state index contributed by atoms with van der Waals surface area (Å²) in [6.07, 6.45) is -2.66. The summed E-state index contributed by atoms with van der Waals surface area (Å²) in [5.41, 5.74) is 3.76. The van der Waals surface area contributed by atoms with Crippen molar-refractivity contribution in [2.45, 2.75) is 50.8 Å². The van der Waals surface area contributed by atoms with Crippen LogP contribution in [0.1, 0.15) is 22.3 Å². The molecule has 0 saturated carbocycles. The zero-order valence-corrected chi connectivity index (χ0v) is 27.8. The normalized spacial score (nSPS) is 18.9. The lowest BCUT2D eigenvalue weighted by Gasteiger charge is -2.47. The predicted molar refractivity (Wildman–Crippen MR) is 189 cm³/mol. The zero-order chi connectivity index (χ0) is 34.4. The Kier molecular flexibility index (Phi) is 12.5. The van der Waals surface area contributed by atoms with E-state index >= 15 is 0 Å². The molecule has 5 aromatic rings. The maximum atomic E-state index is 14.6. The third kappa shape index (κ3) is 9.74. The molecular formula is C42H41NO7. The van der Waals surface area contributed by atoms with Crippen molar-refractivity contribution in [3.63, 3.8) is 0 Å². The van der Waals surface area contributed by atoms with Crippen molar-refractivity contribution in [2.24, 2.45) is 0 Å². The summed E-state index contributed by atoms with van der Waals surface area (Å²) in [6, 6.07) is 47.1. The molecule has 0 aliphatic carbocycles. The van der Waals surface area contributed by atoms with Gasteiger partial charge in [0.2, 0.25) is 0 Å². The van der Waals surface area contributed by atoms with Gasteiger partial charge in [-0.25, -0.2) is 4.79 Å². The fraction of sp³-hybridized carbons (Fsp3) is 0.238. The minimum atomic E-state index is -1.09. The van der Waals surface area contributed by atoms with Gasteiger partial charge >= 0.3 is 5.97 Å². The van der Waals surface area contributed by atoms with Crippen LogP contribution in [0.3, 0.4) is 0 Å². The first-order chi connectivity index (χ1) is 24.6. The molecule has 8 heteroatoms. The van der Waals surface area contributed by atoms with Crippen LogP contribution in [-0.4, -0.2) is 54.3 Å². The number of piperidine rings is 1. The summed E-state index contributed by atoms with van der Waals surface area (Å²) in [7, 11) is 0. The Hall–Kier alpha value is -5.12. The second-order valence-corrected chi connectivity index (χ2v) is 12.1. The van der Waals surface area contributed by atoms with E-state index < -0.39 is 36.2 Å². The van der Waals surface area contributed by atoms with E-state index in [0.717, 1.165) is 22.3 Å². The van der Waals surface area contributed by atoms with Crippen LogP contribution in [0.2, 0.25) is 0 Å². The molecule has 0 spiro atoms. The first-order valence-corrected chi connectivity index (χ1v) is 16.8. The van der Waals surface area contributed by atoms with Crippen molar-refractivity contribution < 1.29 is 33.3 Å². The fourth-order valence-electron chi connectivity index (χ4n) is 5.93. The minimum Gasteiger partial charge on any atom is -0.425 e. The molecule has 0 bridgehead atoms. The van der Waals surface area contributed by atoms with Crippen LogP contribution in [0.15, 0.2) is 152 Å². The molecule has 0 unspecified atom stereocenters. The van der Waals surface area contributed by atoms with E-state index in [1.807, 2.05) is 127 Å². The first-order valence-electron chi connectivity index (χ1n) is 16.8. The number of likely N-dealkylation sites (tertiary alicyclic amines) is 1. The molecule has 1 amide bonds. The van der Waals surface area contributed by atoms with Crippen molar-refractivity contribution in [3.05, 3.63) is 174 Å². The average Bonchev–Trinajstić information content (AvgIpc) is 3.16. The van der Waals surface area contributed by atoms with E-state index in [0.29, 0.717) is 12.4 Å². The van der Waals surface area contributed by atoms with Crippen LogP contribution < -0.4 is 4.74 Å². The second kappa shape index (κ2) is 18.0. The standard InChI is InChI=1S/C42H41NO7/c44-38(50-36-24-14-5-15-25-36)26-43-37(31-46-27-32-16-6-1-7-17-32)39(47-28-33-18-8-2-9-19-33)40(48-29-34-20-10-3-11-21-34)41(42(43)45)49-30-35-22-12-4-13-23-35/h1-25,37,39-41H,26-31H2/t37-,39-,40+,41-/m1/s1. The summed E-state index contributed by atoms with van der Waals surface area (Å²) in [6.45, 7) is 0.675. The van der Waals surface area contributed by atoms with Gasteiger partial charge in [-0.05, 0) is 34.4 Å². The number of carbonyl (C=O) groups excluding carboxylic acids is 2. The average molecular weight is 672 g/mol. The van der Waals surface area contributed by atoms with Crippen molar-refractivity contribution in [2.75, 3.05) is 13.2 Å². The van der Waals surface area contributed by atoms with Crippen LogP contribution in [0.5, 0.6) is 5.75 Å². The van der Waals surface area contributed by atoms with E-state index in [2.05, 4.69) is 0 Å². The van der Waals surface area contributed by atoms with Gasteiger partial charge in [-0.3, -0.25) is 4.79 Å². The number of carbonyl (C=O) groups is 2. The number of benzene rings is 5. The summed E-state index contributed by atoms with van der Waals surface area (Å²) in [5, 5.41) is 0. The molecule has 0 radical (unpaired) electrons. The Balaban J connectivity index is 1.34. The van der Waals surface area contributed by atoms with Crippen molar-refractivity contribution >= 4 is 11.9 Å². The Morgan fingerprint density at radius 3 is 1.44 bits per heavy atom. The van der Waals surface area contributed by atoms with E-state index in [4.69, 9.17) is 23.7 Å². The van der Waals surface area contributed by atoms with Crippen LogP contribution in [0, 0.1) is 0 Å². The van der Waals surface area contributed by atoms with Crippen LogP contribution >= 0.6 is 0 Å². The van der Waals surface area contributed by atoms with E-state index in [9.17, 15) is 9.59 Å². The van der Waals surface area contributed by atoms with Gasteiger partial charge < -0.3 is 28.6 Å². The smallest absolute Gasteiger partial charge is 0.331 e. The molecule has 1 saturated heterocycles. The molecule has 1 aliphatic heterocycles. The van der Waals surface area contributed by atoms with Gasteiger partial charge in [0.1, 0.15) is 24.5 Å². The third-order valence-electron chi connectivity index (χ3n) is 8.45. The largest absolute Gasteiger partial charge is 0.425 e. The number of para-hydroxylation sites is 1. The molecule has 8 nitrogen and oxygen atoms in total. The molecule has 256 valence electrons. The molecule has 0 N–H and O–H groups in total. The number of nitrogens with zero attached hydrogens (tertiary/aromatic N) is 1. The lowest BCUT2D eigenvalue weighted by Crippen LogP contribution is -2.68. The molecule has 5 aromatic carbocycles. The Morgan fingerprint density at radius 2 is 0.940 bits per heavy atom. The third-order valence-corrected chi connectivity index (χ3v) is 8.45. The van der Waals surface area contributed by atoms with Crippen molar-refractivity contribution in [3.8, 4) is 5.75 Å². The predicted octanol–water partition coefficient (Wildman–Crippen LogP) is 6.78. The molecule has 1 aliphatic rings. The van der Waals surface area contributed by atoms with Crippen LogP contribution in [0.25, 0.3) is 0 Å². The number of ether oxygens (including phenoxy) is 5. The summed E-state index contributed by atoms with van der Waals surface area (Å²) in [4.78, 5) is 29.6. The molecular weight excluding hydrogens is 630 g/mol. The lowest BCUT2D eigenvalue weighted by atomic mass is 9.92. The van der Waals surface area contributed by atoms with Gasteiger partial charge in [0.05, 0.1) is 39.1 Å². The van der Waals surface area contributed by atoms with Gasteiger partial charge in [-0.15, -0.1) is 0 Å². The molecule has 1 heterocycles. The monoisotopic (exact) mass is 671 g/mol. The lowest BCUT2D eigenvalue weighted by molar-refractivity contribution is -0.214. The molecule has 1 fully saturated rings. The fourth-order valence-corrected chi connectivity index (χ4v) is 5.93. The van der Waals surface area contributed by atoms with E-state index in [-0.39, 0.29) is 33.0 Å². The highest BCUT2D eigenvalue weighted by atomic mass is 16.6. The van der Waals surface area contributed by atoms with Gasteiger partial charge in [0, 0.05) is 0 Å². The maximum absolute atomic E-state index is 14.6. The second-order valence-electron chi connectivity index (χ2n) is 12.1. The van der Waals surface area contributed by atoms with Crippen molar-refractivity contribution in [1.29, 1.82) is 0 Å². The van der Waals surface area contributed by atoms with Gasteiger partial charge in [0.25, 0.3) is 5.91 Å². The molecule has 6 rings (SSSR count). The van der Waals surface area contributed by atoms with Gasteiger partial charge in [-0.1, -0.05) is 140 Å². The quantitative estimate of drug-likeness (QED) is 0.0846. The van der Waals surface area contributed by atoms with Crippen LogP contribution in [0.4, 0.5) is 0 Å². The highest BCUT2D eigenvalue weighted by molar-refractivity contribution is 5.87. The van der Waals surface area contributed by atoms with Gasteiger partial charge in [0.15, 0.2) is 6.10 Å². The summed E-state index contributed by atoms with van der Waals surface area (Å²) < 4.78 is 31.7. The zero-order valence-electron chi connectivity index (χ0n) is 27.8. The maximum Gasteiger partial charge on any atom is 0.331 e. The number of hydrogen-bond acceptors (Lipinski definition) is 7. The summed E-state index contributed by atoms with van der Waals surface area (Å²) >= 11 is 0. The molecule has 0 aromatic heterocycles. The Labute approximate surface area is 293 Å². The highest BCUT2D eigenvalue weighted by Crippen LogP contribution is 2.30. The Bertz CT molecular complexity index is 1740. The number of rotatable bonds is 16. The Morgan fingerprint density at radius 1 is 0.520 bits per heavy atom. The topological polar surface area (TPSA) is 83.5 Å². The van der Waals surface area contributed by atoms with E-state index in [1.54, 1.807) is 24.3 Å². The molecule has 50 heavy (non-hydrogen) atoms. The minimum absolute atomic E-state index is 0.0787. The molecule has 4 atom stereocenters. The van der Waals surface area contributed by atoms with Crippen LogP contribution in [-0.2, 0) is 55.0 Å². The highest BCUT2D eigenvalue weighted by Gasteiger charge is 2.51. The van der Waals surface area contributed by atoms with E-state index in [1.165, 1.54) is 4.90 Å². The van der Waals surface area contributed by atoms with Gasteiger partial charge in [-0.2, -0.15) is 0 Å². The SMILES string of the molecule is O=C(CN1C(=O)[C@H](OCc2ccccc2)[C@@H](OCc2ccccc2)[C@H](OCc2ccccc2)[C@H]1COCc1ccccc1)Oc1ccccc1. The first kappa shape index (κ1) is 34.7. The number of hydrogen-bond donors (Lipinski definition) is 0. The summed E-state index contributed by atoms with van der Waals surface area (Å²) in [5.74, 6) is -0.613.